The van der Waals surface area contributed by atoms with Gasteiger partial charge in [0.2, 0.25) is 0 Å². The Hall–Kier alpha value is -3.07. The van der Waals surface area contributed by atoms with Gasteiger partial charge in [0.25, 0.3) is 0 Å². The Morgan fingerprint density at radius 2 is 1.62 bits per heavy atom. The molecule has 0 fully saturated rings. The summed E-state index contributed by atoms with van der Waals surface area (Å²) < 4.78 is 5.34. The van der Waals surface area contributed by atoms with Crippen molar-refractivity contribution in [1.82, 2.24) is 5.32 Å². The van der Waals surface area contributed by atoms with Crippen LogP contribution in [0.25, 0.3) is 11.1 Å². The summed E-state index contributed by atoms with van der Waals surface area (Å²) in [6.07, 6.45) is 3.13. The van der Waals surface area contributed by atoms with Crippen molar-refractivity contribution in [3.8, 4) is 11.1 Å². The molecule has 1 aromatic heterocycles. The second-order valence-electron chi connectivity index (χ2n) is 5.70. The van der Waals surface area contributed by atoms with Crippen LogP contribution in [0.3, 0.4) is 0 Å². The van der Waals surface area contributed by atoms with E-state index < -0.39 is 6.04 Å². The fourth-order valence-electron chi connectivity index (χ4n) is 2.68. The molecule has 1 unspecified atom stereocenters. The average molecular weight is 317 g/mol. The van der Waals surface area contributed by atoms with Crippen molar-refractivity contribution in [2.24, 2.45) is 0 Å². The van der Waals surface area contributed by atoms with Gasteiger partial charge in [-0.2, -0.15) is 0 Å². The van der Waals surface area contributed by atoms with E-state index >= 15 is 0 Å². The number of carbonyl (C=O) groups excluding carboxylic acids is 1. The van der Waals surface area contributed by atoms with E-state index in [4.69, 9.17) is 4.42 Å². The van der Waals surface area contributed by atoms with Crippen LogP contribution in [-0.2, 0) is 0 Å². The minimum absolute atomic E-state index is 0.0446. The van der Waals surface area contributed by atoms with Gasteiger partial charge in [-0.3, -0.25) is 4.79 Å². The number of rotatable bonds is 6. The first-order valence-electron chi connectivity index (χ1n) is 7.79. The molecule has 3 aromatic rings. The van der Waals surface area contributed by atoms with E-state index in [1.165, 1.54) is 6.26 Å². The lowest BCUT2D eigenvalue weighted by atomic mass is 9.94. The van der Waals surface area contributed by atoms with Gasteiger partial charge >= 0.3 is 0 Å². The first-order valence-corrected chi connectivity index (χ1v) is 7.79. The van der Waals surface area contributed by atoms with Gasteiger partial charge in [-0.15, -0.1) is 0 Å². The molecule has 120 valence electrons. The number of furan rings is 1. The smallest absolute Gasteiger partial charge is 0.193 e. The Balaban J connectivity index is 2.00. The highest BCUT2D eigenvalue weighted by atomic mass is 16.3. The van der Waals surface area contributed by atoms with Gasteiger partial charge in [0.15, 0.2) is 5.78 Å². The number of carbonyl (C=O) groups is 1. The molecule has 0 saturated carbocycles. The fraction of sp³-hybridized carbons (Fsp3) is 0.0952. The van der Waals surface area contributed by atoms with Crippen LogP contribution in [0.1, 0.15) is 28.9 Å². The van der Waals surface area contributed by atoms with E-state index in [0.29, 0.717) is 5.56 Å². The van der Waals surface area contributed by atoms with Crippen molar-refractivity contribution in [3.63, 3.8) is 0 Å². The highest BCUT2D eigenvalue weighted by Crippen LogP contribution is 2.29. The van der Waals surface area contributed by atoms with Gasteiger partial charge in [0, 0.05) is 11.3 Å². The van der Waals surface area contributed by atoms with Crippen LogP contribution >= 0.6 is 0 Å². The molecule has 1 heterocycles. The number of Topliss-reactive ketones (excluding diaryl/α,β-unsaturated/α-hetero) is 1. The van der Waals surface area contributed by atoms with Crippen molar-refractivity contribution < 1.29 is 9.21 Å². The summed E-state index contributed by atoms with van der Waals surface area (Å²) in [5, 5.41) is 3.18. The van der Waals surface area contributed by atoms with E-state index in [1.807, 2.05) is 67.6 Å². The molecule has 0 aliphatic rings. The molecule has 0 aliphatic heterocycles. The van der Waals surface area contributed by atoms with Crippen molar-refractivity contribution in [2.45, 2.75) is 13.0 Å². The Labute approximate surface area is 141 Å². The van der Waals surface area contributed by atoms with Gasteiger partial charge in [0.1, 0.15) is 12.3 Å². The van der Waals surface area contributed by atoms with Crippen LogP contribution in [-0.4, -0.2) is 5.78 Å². The maximum Gasteiger partial charge on any atom is 0.193 e. The largest absolute Gasteiger partial charge is 0.471 e. The number of benzene rings is 2. The molecule has 3 nitrogen and oxygen atoms in total. The molecule has 1 atom stereocenters. The topological polar surface area (TPSA) is 42.2 Å². The molecule has 0 bridgehead atoms. The summed E-state index contributed by atoms with van der Waals surface area (Å²) in [7, 11) is 0. The van der Waals surface area contributed by atoms with Crippen molar-refractivity contribution in [1.29, 1.82) is 0 Å². The summed E-state index contributed by atoms with van der Waals surface area (Å²) in [5.41, 5.74) is 3.94. The maximum atomic E-state index is 13.2. The summed E-state index contributed by atoms with van der Waals surface area (Å²) >= 11 is 0. The zero-order valence-corrected chi connectivity index (χ0v) is 13.5. The lowest BCUT2D eigenvalue weighted by molar-refractivity contribution is 0.0948. The summed E-state index contributed by atoms with van der Waals surface area (Å²) in [6.45, 7) is 5.72. The number of ketones is 1. The minimum Gasteiger partial charge on any atom is -0.471 e. The Morgan fingerprint density at radius 1 is 1.00 bits per heavy atom. The summed E-state index contributed by atoms with van der Waals surface area (Å²) in [6, 6.07) is 18.9. The number of allylic oxidation sites excluding steroid dienone is 1. The van der Waals surface area contributed by atoms with Crippen molar-refractivity contribution in [2.75, 3.05) is 0 Å². The first-order chi connectivity index (χ1) is 11.7. The lowest BCUT2D eigenvalue weighted by Crippen LogP contribution is -2.27. The number of nitrogens with one attached hydrogen (secondary N) is 1. The van der Waals surface area contributed by atoms with Gasteiger partial charge in [0.05, 0.1) is 11.8 Å². The zero-order valence-electron chi connectivity index (χ0n) is 13.5. The predicted octanol–water partition coefficient (Wildman–Crippen LogP) is 4.99. The van der Waals surface area contributed by atoms with Gasteiger partial charge in [-0.25, -0.2) is 0 Å². The van der Waals surface area contributed by atoms with Gasteiger partial charge in [-0.05, 0) is 18.1 Å². The van der Waals surface area contributed by atoms with Crippen LogP contribution in [0.4, 0.5) is 0 Å². The van der Waals surface area contributed by atoms with Crippen LogP contribution in [0, 0.1) is 0 Å². The van der Waals surface area contributed by atoms with Gasteiger partial charge < -0.3 is 9.73 Å². The Kier molecular flexibility index (Phi) is 4.62. The Morgan fingerprint density at radius 3 is 2.25 bits per heavy atom. The molecule has 3 rings (SSSR count). The zero-order chi connectivity index (χ0) is 16.9. The van der Waals surface area contributed by atoms with E-state index in [9.17, 15) is 4.79 Å². The second kappa shape index (κ2) is 7.01. The van der Waals surface area contributed by atoms with Gasteiger partial charge in [-0.1, -0.05) is 67.2 Å². The molecule has 0 amide bonds. The summed E-state index contributed by atoms with van der Waals surface area (Å²) in [5.74, 6) is -0.0446. The molecule has 1 N–H and O–H groups in total. The molecule has 0 radical (unpaired) electrons. The normalized spacial score (nSPS) is 11.7. The minimum atomic E-state index is -0.497. The maximum absolute atomic E-state index is 13.2. The van der Waals surface area contributed by atoms with Crippen LogP contribution in [0.2, 0.25) is 0 Å². The predicted molar refractivity (Wildman–Crippen MR) is 95.6 cm³/mol. The van der Waals surface area contributed by atoms with E-state index in [0.717, 1.165) is 22.4 Å². The second-order valence-corrected chi connectivity index (χ2v) is 5.70. The lowest BCUT2D eigenvalue weighted by Gasteiger charge is -2.19. The number of hydrogen-bond acceptors (Lipinski definition) is 3. The third-order valence-corrected chi connectivity index (χ3v) is 3.80. The van der Waals surface area contributed by atoms with Crippen molar-refractivity contribution in [3.05, 3.63) is 96.6 Å². The standard InChI is InChI=1S/C21H19NO2/c1-15(2)22-20(17-11-7-4-8-12-17)21(23)19-14-24-13-18(19)16-9-5-3-6-10-16/h3-14,20,22H,1H2,2H3. The molecule has 24 heavy (non-hydrogen) atoms. The van der Waals surface area contributed by atoms with E-state index in [2.05, 4.69) is 11.9 Å². The first kappa shape index (κ1) is 15.8. The fourth-order valence-corrected chi connectivity index (χ4v) is 2.68. The average Bonchev–Trinajstić information content (AvgIpc) is 3.10. The molecule has 0 aliphatic carbocycles. The highest BCUT2D eigenvalue weighted by molar-refractivity contribution is 6.05. The van der Waals surface area contributed by atoms with Crippen molar-refractivity contribution >= 4 is 5.78 Å². The quantitative estimate of drug-likeness (QED) is 0.651. The third-order valence-electron chi connectivity index (χ3n) is 3.80. The summed E-state index contributed by atoms with van der Waals surface area (Å²) in [4.78, 5) is 13.2. The van der Waals surface area contributed by atoms with Crippen LogP contribution in [0.5, 0.6) is 0 Å². The monoisotopic (exact) mass is 317 g/mol. The van der Waals surface area contributed by atoms with E-state index in [1.54, 1.807) is 6.26 Å². The molecule has 2 aromatic carbocycles. The highest BCUT2D eigenvalue weighted by Gasteiger charge is 2.25. The van der Waals surface area contributed by atoms with Crippen LogP contribution in [0.15, 0.2) is 89.9 Å². The van der Waals surface area contributed by atoms with Crippen LogP contribution < -0.4 is 5.32 Å². The molecule has 0 spiro atoms. The third kappa shape index (κ3) is 3.30. The molecule has 0 saturated heterocycles. The number of hydrogen-bond donors (Lipinski definition) is 1. The van der Waals surface area contributed by atoms with E-state index in [-0.39, 0.29) is 5.78 Å². The molecular weight excluding hydrogens is 298 g/mol. The Bertz CT molecular complexity index is 835. The molecular formula is C21H19NO2. The molecule has 3 heteroatoms. The SMILES string of the molecule is C=C(C)NC(C(=O)c1cocc1-c1ccccc1)c1ccccc1.